The van der Waals surface area contributed by atoms with E-state index in [4.69, 9.17) is 9.47 Å². The standard InChI is InChI=1S/C17H21N3O2/c1-21-14-4-6-15(7-5-14)22-16-11-19-17(20-12-16)9-13-3-2-8-18-10-13/h4-7,11-13,18H,2-3,8-10H2,1H3. The monoisotopic (exact) mass is 299 g/mol. The van der Waals surface area contributed by atoms with Gasteiger partial charge in [-0.05, 0) is 56.1 Å². The molecular weight excluding hydrogens is 278 g/mol. The van der Waals surface area contributed by atoms with Crippen LogP contribution in [-0.2, 0) is 6.42 Å². The maximum absolute atomic E-state index is 5.73. The van der Waals surface area contributed by atoms with Gasteiger partial charge in [0.1, 0.15) is 17.3 Å². The van der Waals surface area contributed by atoms with Gasteiger partial charge >= 0.3 is 0 Å². The number of rotatable bonds is 5. The summed E-state index contributed by atoms with van der Waals surface area (Å²) in [6, 6.07) is 7.45. The fourth-order valence-electron chi connectivity index (χ4n) is 2.64. The highest BCUT2D eigenvalue weighted by Crippen LogP contribution is 2.23. The number of methoxy groups -OCH3 is 1. The van der Waals surface area contributed by atoms with E-state index >= 15 is 0 Å². The molecule has 1 aliphatic rings. The second kappa shape index (κ2) is 7.22. The first kappa shape index (κ1) is 14.8. The van der Waals surface area contributed by atoms with Crippen LogP contribution in [0.1, 0.15) is 18.7 Å². The number of nitrogens with one attached hydrogen (secondary N) is 1. The van der Waals surface area contributed by atoms with Gasteiger partial charge in [-0.3, -0.25) is 0 Å². The predicted octanol–water partition coefficient (Wildman–Crippen LogP) is 2.82. The third-order valence-electron chi connectivity index (χ3n) is 3.85. The summed E-state index contributed by atoms with van der Waals surface area (Å²) in [5.74, 6) is 3.72. The number of piperidine rings is 1. The van der Waals surface area contributed by atoms with Gasteiger partial charge in [-0.15, -0.1) is 0 Å². The molecule has 22 heavy (non-hydrogen) atoms. The van der Waals surface area contributed by atoms with Crippen LogP contribution in [0.5, 0.6) is 17.2 Å². The van der Waals surface area contributed by atoms with Gasteiger partial charge in [0, 0.05) is 6.42 Å². The average Bonchev–Trinajstić information content (AvgIpc) is 2.58. The average molecular weight is 299 g/mol. The van der Waals surface area contributed by atoms with Crippen molar-refractivity contribution >= 4 is 0 Å². The SMILES string of the molecule is COc1ccc(Oc2cnc(CC3CCCNC3)nc2)cc1. The number of hydrogen-bond donors (Lipinski definition) is 1. The van der Waals surface area contributed by atoms with E-state index in [0.29, 0.717) is 11.7 Å². The van der Waals surface area contributed by atoms with Crippen LogP contribution in [0.4, 0.5) is 0 Å². The zero-order valence-corrected chi connectivity index (χ0v) is 12.8. The van der Waals surface area contributed by atoms with Gasteiger partial charge in [-0.25, -0.2) is 9.97 Å². The lowest BCUT2D eigenvalue weighted by Crippen LogP contribution is -2.31. The predicted molar refractivity (Wildman–Crippen MR) is 84.4 cm³/mol. The summed E-state index contributed by atoms with van der Waals surface area (Å²) in [5.41, 5.74) is 0. The molecule has 1 atom stereocenters. The highest BCUT2D eigenvalue weighted by Gasteiger charge is 2.14. The molecule has 1 aromatic heterocycles. The lowest BCUT2D eigenvalue weighted by atomic mass is 9.96. The van der Waals surface area contributed by atoms with E-state index in [9.17, 15) is 0 Å². The maximum atomic E-state index is 5.73. The second-order valence-corrected chi connectivity index (χ2v) is 5.53. The lowest BCUT2D eigenvalue weighted by Gasteiger charge is -2.21. The molecule has 0 radical (unpaired) electrons. The third kappa shape index (κ3) is 3.95. The number of aromatic nitrogens is 2. The topological polar surface area (TPSA) is 56.3 Å². The van der Waals surface area contributed by atoms with E-state index in [2.05, 4.69) is 15.3 Å². The molecule has 5 nitrogen and oxygen atoms in total. The summed E-state index contributed by atoms with van der Waals surface area (Å²) in [6.45, 7) is 2.19. The Kier molecular flexibility index (Phi) is 4.85. The van der Waals surface area contributed by atoms with Gasteiger partial charge in [0.2, 0.25) is 0 Å². The molecule has 1 aliphatic heterocycles. The number of hydrogen-bond acceptors (Lipinski definition) is 5. The van der Waals surface area contributed by atoms with Crippen molar-refractivity contribution in [3.05, 3.63) is 42.5 Å². The van der Waals surface area contributed by atoms with Crippen molar-refractivity contribution in [3.63, 3.8) is 0 Å². The molecule has 3 rings (SSSR count). The minimum absolute atomic E-state index is 0.641. The maximum Gasteiger partial charge on any atom is 0.164 e. The molecule has 0 aliphatic carbocycles. The summed E-state index contributed by atoms with van der Waals surface area (Å²) < 4.78 is 10.9. The molecule has 0 bridgehead atoms. The summed E-state index contributed by atoms with van der Waals surface area (Å²) >= 11 is 0. The fourth-order valence-corrected chi connectivity index (χ4v) is 2.64. The minimum Gasteiger partial charge on any atom is -0.497 e. The zero-order valence-electron chi connectivity index (χ0n) is 12.8. The van der Waals surface area contributed by atoms with Crippen molar-refractivity contribution in [2.75, 3.05) is 20.2 Å². The summed E-state index contributed by atoms with van der Waals surface area (Å²) in [4.78, 5) is 8.83. The highest BCUT2D eigenvalue weighted by atomic mass is 16.5. The van der Waals surface area contributed by atoms with Crippen LogP contribution in [0.2, 0.25) is 0 Å². The second-order valence-electron chi connectivity index (χ2n) is 5.53. The largest absolute Gasteiger partial charge is 0.497 e. The molecule has 1 N–H and O–H groups in total. The van der Waals surface area contributed by atoms with Crippen LogP contribution in [0.25, 0.3) is 0 Å². The minimum atomic E-state index is 0.641. The van der Waals surface area contributed by atoms with Crippen molar-refractivity contribution in [1.82, 2.24) is 15.3 Å². The van der Waals surface area contributed by atoms with E-state index in [-0.39, 0.29) is 0 Å². The van der Waals surface area contributed by atoms with E-state index < -0.39 is 0 Å². The van der Waals surface area contributed by atoms with Gasteiger partial charge in [-0.2, -0.15) is 0 Å². The van der Waals surface area contributed by atoms with E-state index in [1.807, 2.05) is 24.3 Å². The Morgan fingerprint density at radius 1 is 1.09 bits per heavy atom. The van der Waals surface area contributed by atoms with Crippen LogP contribution in [-0.4, -0.2) is 30.2 Å². The molecular formula is C17H21N3O2. The van der Waals surface area contributed by atoms with Crippen LogP contribution < -0.4 is 14.8 Å². The van der Waals surface area contributed by atoms with Gasteiger partial charge in [0.05, 0.1) is 19.5 Å². The Morgan fingerprint density at radius 3 is 2.45 bits per heavy atom. The molecule has 0 spiro atoms. The molecule has 1 saturated heterocycles. The number of benzene rings is 1. The molecule has 2 heterocycles. The first-order valence-electron chi connectivity index (χ1n) is 7.67. The Labute approximate surface area is 130 Å². The van der Waals surface area contributed by atoms with Gasteiger partial charge < -0.3 is 14.8 Å². The van der Waals surface area contributed by atoms with Crippen molar-refractivity contribution in [1.29, 1.82) is 0 Å². The zero-order chi connectivity index (χ0) is 15.2. The van der Waals surface area contributed by atoms with Crippen LogP contribution in [0.3, 0.4) is 0 Å². The van der Waals surface area contributed by atoms with Crippen LogP contribution in [0, 0.1) is 5.92 Å². The van der Waals surface area contributed by atoms with Gasteiger partial charge in [0.25, 0.3) is 0 Å². The molecule has 1 fully saturated rings. The molecule has 1 unspecified atom stereocenters. The Hall–Kier alpha value is -2.14. The number of ether oxygens (including phenoxy) is 2. The molecule has 5 heteroatoms. The van der Waals surface area contributed by atoms with Gasteiger partial charge in [0.15, 0.2) is 5.75 Å². The Balaban J connectivity index is 1.58. The normalized spacial score (nSPS) is 18.0. The van der Waals surface area contributed by atoms with E-state index in [0.717, 1.165) is 36.8 Å². The summed E-state index contributed by atoms with van der Waals surface area (Å²) in [5, 5.41) is 3.42. The Morgan fingerprint density at radius 2 is 1.82 bits per heavy atom. The smallest absolute Gasteiger partial charge is 0.164 e. The van der Waals surface area contributed by atoms with E-state index in [1.54, 1.807) is 19.5 Å². The first-order chi connectivity index (χ1) is 10.8. The lowest BCUT2D eigenvalue weighted by molar-refractivity contribution is 0.370. The quantitative estimate of drug-likeness (QED) is 0.920. The fraction of sp³-hybridized carbons (Fsp3) is 0.412. The van der Waals surface area contributed by atoms with Crippen LogP contribution >= 0.6 is 0 Å². The first-order valence-corrected chi connectivity index (χ1v) is 7.67. The molecule has 2 aromatic rings. The van der Waals surface area contributed by atoms with Crippen molar-refractivity contribution in [2.24, 2.45) is 5.92 Å². The third-order valence-corrected chi connectivity index (χ3v) is 3.85. The molecule has 116 valence electrons. The highest BCUT2D eigenvalue weighted by molar-refractivity contribution is 5.33. The summed E-state index contributed by atoms with van der Waals surface area (Å²) in [6.07, 6.45) is 6.89. The molecule has 1 aromatic carbocycles. The number of nitrogens with zero attached hydrogens (tertiary/aromatic N) is 2. The van der Waals surface area contributed by atoms with E-state index in [1.165, 1.54) is 12.8 Å². The van der Waals surface area contributed by atoms with Gasteiger partial charge in [-0.1, -0.05) is 0 Å². The summed E-state index contributed by atoms with van der Waals surface area (Å²) in [7, 11) is 1.64. The van der Waals surface area contributed by atoms with Crippen molar-refractivity contribution in [3.8, 4) is 17.2 Å². The van der Waals surface area contributed by atoms with Crippen LogP contribution in [0.15, 0.2) is 36.7 Å². The Bertz CT molecular complexity index is 578. The molecule has 0 amide bonds. The van der Waals surface area contributed by atoms with Crippen molar-refractivity contribution < 1.29 is 9.47 Å². The molecule has 0 saturated carbocycles. The van der Waals surface area contributed by atoms with Crippen molar-refractivity contribution in [2.45, 2.75) is 19.3 Å².